The summed E-state index contributed by atoms with van der Waals surface area (Å²) >= 11 is 0. The number of para-hydroxylation sites is 1. The van der Waals surface area contributed by atoms with Gasteiger partial charge in [0, 0.05) is 38.4 Å². The normalized spacial score (nSPS) is 16.7. The minimum atomic E-state index is 0.0526. The molecule has 0 bridgehead atoms. The van der Waals surface area contributed by atoms with Gasteiger partial charge in [-0.1, -0.05) is 32.0 Å². The topological polar surface area (TPSA) is 55.8 Å². The number of aryl methyl sites for hydroxylation is 1. The molecule has 0 aliphatic carbocycles. The van der Waals surface area contributed by atoms with E-state index in [2.05, 4.69) is 35.0 Å². The van der Waals surface area contributed by atoms with E-state index in [-0.39, 0.29) is 12.5 Å². The Bertz CT molecular complexity index is 523. The molecule has 1 heterocycles. The zero-order chi connectivity index (χ0) is 16.8. The van der Waals surface area contributed by atoms with E-state index in [4.69, 9.17) is 5.11 Å². The van der Waals surface area contributed by atoms with Gasteiger partial charge in [0.05, 0.1) is 13.2 Å². The van der Waals surface area contributed by atoms with Gasteiger partial charge in [-0.3, -0.25) is 14.6 Å². The highest BCUT2D eigenvalue weighted by Gasteiger charge is 2.19. The monoisotopic (exact) mass is 319 g/mol. The molecule has 1 fully saturated rings. The lowest BCUT2D eigenvalue weighted by Crippen LogP contribution is -2.49. The zero-order valence-electron chi connectivity index (χ0n) is 14.5. The standard InChI is InChI=1S/C18H29N3O2/c1-14(2)16-6-4-5-15(3)18(16)19-17(23)13-21-9-7-20(8-10-21)11-12-22/h4-6,14,22H,7-13H2,1-3H3,(H,19,23). The fourth-order valence-corrected chi connectivity index (χ4v) is 3.04. The summed E-state index contributed by atoms with van der Waals surface area (Å²) in [6.07, 6.45) is 0. The second-order valence-corrected chi connectivity index (χ2v) is 6.58. The Labute approximate surface area is 139 Å². The Morgan fingerprint density at radius 1 is 1.22 bits per heavy atom. The van der Waals surface area contributed by atoms with Gasteiger partial charge in [0.2, 0.25) is 5.91 Å². The predicted octanol–water partition coefficient (Wildman–Crippen LogP) is 1.67. The van der Waals surface area contributed by atoms with Crippen molar-refractivity contribution in [2.24, 2.45) is 0 Å². The quantitative estimate of drug-likeness (QED) is 0.837. The van der Waals surface area contributed by atoms with Gasteiger partial charge >= 0.3 is 0 Å². The number of nitrogens with zero attached hydrogens (tertiary/aromatic N) is 2. The highest BCUT2D eigenvalue weighted by molar-refractivity contribution is 5.93. The summed E-state index contributed by atoms with van der Waals surface area (Å²) in [5.74, 6) is 0.434. The smallest absolute Gasteiger partial charge is 0.238 e. The highest BCUT2D eigenvalue weighted by Crippen LogP contribution is 2.27. The van der Waals surface area contributed by atoms with Crippen LogP contribution in [0.1, 0.15) is 30.9 Å². The van der Waals surface area contributed by atoms with Crippen molar-refractivity contribution in [2.75, 3.05) is 51.2 Å². The molecule has 1 aliphatic heterocycles. The van der Waals surface area contributed by atoms with Crippen molar-refractivity contribution in [3.05, 3.63) is 29.3 Å². The Hall–Kier alpha value is -1.43. The molecule has 1 aromatic rings. The van der Waals surface area contributed by atoms with E-state index >= 15 is 0 Å². The van der Waals surface area contributed by atoms with E-state index in [9.17, 15) is 4.79 Å². The number of carbonyl (C=O) groups excluding carboxylic acids is 1. The van der Waals surface area contributed by atoms with E-state index in [1.807, 2.05) is 19.1 Å². The molecule has 0 radical (unpaired) electrons. The number of nitrogens with one attached hydrogen (secondary N) is 1. The number of aliphatic hydroxyl groups excluding tert-OH is 1. The van der Waals surface area contributed by atoms with Gasteiger partial charge < -0.3 is 10.4 Å². The number of rotatable bonds is 6. The average molecular weight is 319 g/mol. The number of hydrogen-bond donors (Lipinski definition) is 2. The molecule has 2 N–H and O–H groups in total. The zero-order valence-corrected chi connectivity index (χ0v) is 14.5. The first kappa shape index (κ1) is 17.9. The Morgan fingerprint density at radius 2 is 1.87 bits per heavy atom. The first-order chi connectivity index (χ1) is 11.0. The van der Waals surface area contributed by atoms with E-state index < -0.39 is 0 Å². The molecular formula is C18H29N3O2. The Morgan fingerprint density at radius 3 is 2.48 bits per heavy atom. The maximum atomic E-state index is 12.4. The molecule has 5 nitrogen and oxygen atoms in total. The van der Waals surface area contributed by atoms with Crippen molar-refractivity contribution in [1.82, 2.24) is 9.80 Å². The van der Waals surface area contributed by atoms with E-state index in [1.54, 1.807) is 0 Å². The number of benzene rings is 1. The summed E-state index contributed by atoms with van der Waals surface area (Å²) in [4.78, 5) is 16.8. The van der Waals surface area contributed by atoms with E-state index in [1.165, 1.54) is 5.56 Å². The van der Waals surface area contributed by atoms with Gasteiger partial charge in [-0.25, -0.2) is 0 Å². The van der Waals surface area contributed by atoms with Crippen LogP contribution in [-0.2, 0) is 4.79 Å². The van der Waals surface area contributed by atoms with Gasteiger partial charge in [-0.05, 0) is 24.0 Å². The third kappa shape index (κ3) is 5.03. The summed E-state index contributed by atoms with van der Waals surface area (Å²) < 4.78 is 0. The Kier molecular flexibility index (Phi) is 6.57. The van der Waals surface area contributed by atoms with Crippen LogP contribution in [0, 0.1) is 6.92 Å². The third-order valence-electron chi connectivity index (χ3n) is 4.44. The molecule has 1 aliphatic rings. The summed E-state index contributed by atoms with van der Waals surface area (Å²) in [7, 11) is 0. The van der Waals surface area contributed by atoms with Gasteiger partial charge in [-0.15, -0.1) is 0 Å². The van der Waals surface area contributed by atoms with E-state index in [0.717, 1.165) is 44.0 Å². The number of aliphatic hydroxyl groups is 1. The number of amides is 1. The van der Waals surface area contributed by atoms with Crippen LogP contribution in [0.25, 0.3) is 0 Å². The molecule has 1 aromatic carbocycles. The van der Waals surface area contributed by atoms with Gasteiger partial charge in [-0.2, -0.15) is 0 Å². The molecule has 0 aromatic heterocycles. The molecular weight excluding hydrogens is 290 g/mol. The maximum absolute atomic E-state index is 12.4. The van der Waals surface area contributed by atoms with Crippen molar-refractivity contribution in [3.8, 4) is 0 Å². The Balaban J connectivity index is 1.91. The number of β-amino-alcohol motifs (C(OH)–C–C–N with tert-alkyl or cyclic N) is 1. The number of hydrogen-bond acceptors (Lipinski definition) is 4. The van der Waals surface area contributed by atoms with E-state index in [0.29, 0.717) is 12.5 Å². The van der Waals surface area contributed by atoms with Crippen molar-refractivity contribution < 1.29 is 9.90 Å². The summed E-state index contributed by atoms with van der Waals surface area (Å²) in [6.45, 7) is 11.2. The van der Waals surface area contributed by atoms with Crippen molar-refractivity contribution >= 4 is 11.6 Å². The van der Waals surface area contributed by atoms with Crippen molar-refractivity contribution in [2.45, 2.75) is 26.7 Å². The SMILES string of the molecule is Cc1cccc(C(C)C)c1NC(=O)CN1CCN(CCO)CC1. The minimum absolute atomic E-state index is 0.0526. The number of piperazine rings is 1. The van der Waals surface area contributed by atoms with Crippen LogP contribution in [0.2, 0.25) is 0 Å². The van der Waals surface area contributed by atoms with Gasteiger partial charge in [0.1, 0.15) is 0 Å². The van der Waals surface area contributed by atoms with Gasteiger partial charge in [0.25, 0.3) is 0 Å². The lowest BCUT2D eigenvalue weighted by atomic mass is 9.98. The summed E-state index contributed by atoms with van der Waals surface area (Å²) in [5, 5.41) is 12.1. The van der Waals surface area contributed by atoms with Crippen LogP contribution in [0.4, 0.5) is 5.69 Å². The summed E-state index contributed by atoms with van der Waals surface area (Å²) in [5.41, 5.74) is 3.26. The number of anilines is 1. The van der Waals surface area contributed by atoms with Crippen LogP contribution >= 0.6 is 0 Å². The minimum Gasteiger partial charge on any atom is -0.395 e. The molecule has 23 heavy (non-hydrogen) atoms. The van der Waals surface area contributed by atoms with Crippen LogP contribution in [0.15, 0.2) is 18.2 Å². The molecule has 0 atom stereocenters. The van der Waals surface area contributed by atoms with Crippen LogP contribution in [0.5, 0.6) is 0 Å². The lowest BCUT2D eigenvalue weighted by Gasteiger charge is -2.33. The maximum Gasteiger partial charge on any atom is 0.238 e. The highest BCUT2D eigenvalue weighted by atomic mass is 16.3. The number of carbonyl (C=O) groups is 1. The largest absolute Gasteiger partial charge is 0.395 e. The molecule has 0 unspecified atom stereocenters. The lowest BCUT2D eigenvalue weighted by molar-refractivity contribution is -0.117. The van der Waals surface area contributed by atoms with Crippen molar-refractivity contribution in [1.29, 1.82) is 0 Å². The van der Waals surface area contributed by atoms with Crippen molar-refractivity contribution in [3.63, 3.8) is 0 Å². The summed E-state index contributed by atoms with van der Waals surface area (Å²) in [6, 6.07) is 6.16. The van der Waals surface area contributed by atoms with Crippen LogP contribution < -0.4 is 5.32 Å². The molecule has 128 valence electrons. The fraction of sp³-hybridized carbons (Fsp3) is 0.611. The third-order valence-corrected chi connectivity index (χ3v) is 4.44. The average Bonchev–Trinajstić information content (AvgIpc) is 2.51. The second-order valence-electron chi connectivity index (χ2n) is 6.58. The molecule has 5 heteroatoms. The van der Waals surface area contributed by atoms with Gasteiger partial charge in [0.15, 0.2) is 0 Å². The van der Waals surface area contributed by atoms with Crippen LogP contribution in [0.3, 0.4) is 0 Å². The van der Waals surface area contributed by atoms with Crippen LogP contribution in [-0.4, -0.2) is 66.7 Å². The first-order valence-electron chi connectivity index (χ1n) is 8.46. The molecule has 1 saturated heterocycles. The molecule has 0 saturated carbocycles. The fourth-order valence-electron chi connectivity index (χ4n) is 3.04. The second kappa shape index (κ2) is 8.43. The molecule has 2 rings (SSSR count). The predicted molar refractivity (Wildman–Crippen MR) is 93.9 cm³/mol. The first-order valence-corrected chi connectivity index (χ1v) is 8.46. The molecule has 0 spiro atoms. The molecule has 1 amide bonds.